The van der Waals surface area contributed by atoms with E-state index in [0.717, 1.165) is 11.3 Å². The fraction of sp³-hybridized carbons (Fsp3) is 0.238. The summed E-state index contributed by atoms with van der Waals surface area (Å²) in [5.41, 5.74) is 7.37. The highest BCUT2D eigenvalue weighted by Crippen LogP contribution is 2.39. The van der Waals surface area contributed by atoms with Crippen LogP contribution in [-0.4, -0.2) is 35.8 Å². The first-order valence-electron chi connectivity index (χ1n) is 9.60. The molecule has 0 aromatic heterocycles. The molecule has 0 aliphatic carbocycles. The van der Waals surface area contributed by atoms with Gasteiger partial charge in [0, 0.05) is 19.3 Å². The van der Waals surface area contributed by atoms with E-state index in [1.165, 1.54) is 32.4 Å². The molecule has 0 saturated heterocycles. The number of ether oxygens (including phenoxy) is 2. The highest BCUT2D eigenvalue weighted by molar-refractivity contribution is 6.05. The average molecular weight is 439 g/mol. The second-order valence-corrected chi connectivity index (χ2v) is 6.97. The molecule has 1 unspecified atom stereocenters. The zero-order valence-corrected chi connectivity index (χ0v) is 17.6. The van der Waals surface area contributed by atoms with E-state index in [4.69, 9.17) is 9.47 Å². The number of anilines is 1. The summed E-state index contributed by atoms with van der Waals surface area (Å²) in [7, 11) is 1.25. The van der Waals surface area contributed by atoms with Crippen molar-refractivity contribution in [3.8, 4) is 11.5 Å². The molecule has 0 bridgehead atoms. The van der Waals surface area contributed by atoms with E-state index in [0.29, 0.717) is 12.1 Å². The third kappa shape index (κ3) is 5.06. The molecule has 0 saturated carbocycles. The van der Waals surface area contributed by atoms with Crippen LogP contribution in [0.3, 0.4) is 0 Å². The van der Waals surface area contributed by atoms with Crippen LogP contribution in [0.5, 0.6) is 11.5 Å². The van der Waals surface area contributed by atoms with Crippen LogP contribution in [0.25, 0.3) is 0 Å². The van der Waals surface area contributed by atoms with Gasteiger partial charge in [-0.15, -0.1) is 0 Å². The number of hydrogen-bond acceptors (Lipinski definition) is 9. The van der Waals surface area contributed by atoms with Crippen molar-refractivity contribution in [1.29, 1.82) is 0 Å². The largest absolute Gasteiger partial charge is 0.488 e. The van der Waals surface area contributed by atoms with Crippen molar-refractivity contribution in [2.24, 2.45) is 16.1 Å². The molecule has 1 atom stereocenters. The lowest BCUT2D eigenvalue weighted by atomic mass is 9.94. The van der Waals surface area contributed by atoms with Crippen molar-refractivity contribution in [3.63, 3.8) is 0 Å². The van der Waals surface area contributed by atoms with Crippen LogP contribution in [0.1, 0.15) is 31.4 Å². The number of carbonyl (C=O) groups is 2. The van der Waals surface area contributed by atoms with Gasteiger partial charge in [-0.05, 0) is 29.8 Å². The van der Waals surface area contributed by atoms with Gasteiger partial charge in [0.25, 0.3) is 0 Å². The number of nitrogens with one attached hydrogen (secondary N) is 2. The number of carbonyl (C=O) groups excluding carboxylic acids is 2. The minimum Gasteiger partial charge on any atom is -0.488 e. The molecule has 1 aliphatic heterocycles. The predicted octanol–water partition coefficient (Wildman–Crippen LogP) is 2.83. The summed E-state index contributed by atoms with van der Waals surface area (Å²) in [6.45, 7) is 3.12. The highest BCUT2D eigenvalue weighted by atomic mass is 16.6. The van der Waals surface area contributed by atoms with Crippen molar-refractivity contribution >= 4 is 35.2 Å². The van der Waals surface area contributed by atoms with Crippen LogP contribution in [0.4, 0.5) is 11.4 Å². The maximum absolute atomic E-state index is 11.6. The van der Waals surface area contributed by atoms with Crippen LogP contribution in [0, 0.1) is 16.0 Å². The van der Waals surface area contributed by atoms with Gasteiger partial charge in [0.1, 0.15) is 0 Å². The van der Waals surface area contributed by atoms with E-state index in [-0.39, 0.29) is 34.6 Å². The molecule has 1 heterocycles. The van der Waals surface area contributed by atoms with E-state index < -0.39 is 10.9 Å². The number of nitro groups is 1. The van der Waals surface area contributed by atoms with E-state index in [1.807, 2.05) is 19.1 Å². The molecule has 166 valence electrons. The second-order valence-electron chi connectivity index (χ2n) is 6.97. The van der Waals surface area contributed by atoms with Gasteiger partial charge in [-0.3, -0.25) is 25.1 Å². The fourth-order valence-corrected chi connectivity index (χ4v) is 3.19. The first-order chi connectivity index (χ1) is 15.3. The number of methoxy groups -OCH3 is 1. The molecule has 3 rings (SSSR count). The third-order valence-corrected chi connectivity index (χ3v) is 4.60. The Morgan fingerprint density at radius 1 is 1.31 bits per heavy atom. The topological polar surface area (TPSA) is 145 Å². The molecule has 0 fully saturated rings. The Bertz CT molecular complexity index is 1110. The van der Waals surface area contributed by atoms with Gasteiger partial charge in [0.05, 0.1) is 35.2 Å². The third-order valence-electron chi connectivity index (χ3n) is 4.60. The van der Waals surface area contributed by atoms with Gasteiger partial charge in [-0.25, -0.2) is 5.43 Å². The van der Waals surface area contributed by atoms with Crippen LogP contribution in [-0.2, 0) is 9.59 Å². The van der Waals surface area contributed by atoms with E-state index in [1.54, 1.807) is 12.1 Å². The van der Waals surface area contributed by atoms with Crippen LogP contribution < -0.4 is 20.3 Å². The Morgan fingerprint density at radius 3 is 2.62 bits per heavy atom. The SMILES string of the molecule is COc1c(OC(C)=O)ccc(C=NNc2ccc(C3=NNC(=O)CC3C)cc2)c1[N+](=O)[O-]. The standard InChI is InChI=1S/C21H21N5O6/c1-12-10-18(28)24-25-19(12)14-4-7-16(8-5-14)23-22-11-15-6-9-17(32-13(2)27)21(31-3)20(15)26(29)30/h4-9,11-12,23H,10H2,1-3H3,(H,24,28). The summed E-state index contributed by atoms with van der Waals surface area (Å²) in [6.07, 6.45) is 1.65. The average Bonchev–Trinajstić information content (AvgIpc) is 2.74. The maximum atomic E-state index is 11.6. The fourth-order valence-electron chi connectivity index (χ4n) is 3.19. The molecule has 11 heteroatoms. The molecule has 2 aromatic rings. The van der Waals surface area contributed by atoms with Gasteiger partial charge in [-0.2, -0.15) is 10.2 Å². The van der Waals surface area contributed by atoms with Crippen molar-refractivity contribution in [2.45, 2.75) is 20.3 Å². The monoisotopic (exact) mass is 439 g/mol. The van der Waals surface area contributed by atoms with Crippen molar-refractivity contribution in [1.82, 2.24) is 5.43 Å². The van der Waals surface area contributed by atoms with E-state index >= 15 is 0 Å². The molecule has 0 spiro atoms. The van der Waals surface area contributed by atoms with Crippen LogP contribution in [0.15, 0.2) is 46.6 Å². The van der Waals surface area contributed by atoms with Gasteiger partial charge in [0.2, 0.25) is 11.7 Å². The molecule has 2 aromatic carbocycles. The summed E-state index contributed by atoms with van der Waals surface area (Å²) in [6, 6.07) is 10.0. The Labute approximate surface area is 183 Å². The summed E-state index contributed by atoms with van der Waals surface area (Å²) >= 11 is 0. The quantitative estimate of drug-likeness (QED) is 0.222. The summed E-state index contributed by atoms with van der Waals surface area (Å²) in [4.78, 5) is 33.6. The maximum Gasteiger partial charge on any atom is 0.323 e. The summed E-state index contributed by atoms with van der Waals surface area (Å²) < 4.78 is 10.1. The van der Waals surface area contributed by atoms with Gasteiger partial charge in [0.15, 0.2) is 5.75 Å². The second kappa shape index (κ2) is 9.69. The predicted molar refractivity (Wildman–Crippen MR) is 117 cm³/mol. The lowest BCUT2D eigenvalue weighted by Crippen LogP contribution is -2.31. The van der Waals surface area contributed by atoms with Gasteiger partial charge in [-0.1, -0.05) is 19.1 Å². The highest BCUT2D eigenvalue weighted by Gasteiger charge is 2.25. The zero-order chi connectivity index (χ0) is 23.3. The number of hydrogen-bond donors (Lipinski definition) is 2. The number of benzene rings is 2. The number of amides is 1. The van der Waals surface area contributed by atoms with Gasteiger partial charge < -0.3 is 9.47 Å². The Morgan fingerprint density at radius 2 is 2.03 bits per heavy atom. The Kier molecular flexibility index (Phi) is 6.78. The summed E-state index contributed by atoms with van der Waals surface area (Å²) in [5, 5.41) is 19.8. The molecule has 2 N–H and O–H groups in total. The molecular formula is C21H21N5O6. The zero-order valence-electron chi connectivity index (χ0n) is 17.6. The molecule has 1 aliphatic rings. The lowest BCUT2D eigenvalue weighted by molar-refractivity contribution is -0.385. The first kappa shape index (κ1) is 22.4. The minimum absolute atomic E-state index is 0.00561. The number of hydrazone groups is 2. The Hall–Kier alpha value is -4.28. The molecular weight excluding hydrogens is 418 g/mol. The van der Waals surface area contributed by atoms with Crippen molar-refractivity contribution in [3.05, 3.63) is 57.6 Å². The van der Waals surface area contributed by atoms with Crippen molar-refractivity contribution in [2.75, 3.05) is 12.5 Å². The molecule has 1 amide bonds. The Balaban J connectivity index is 1.78. The van der Waals surface area contributed by atoms with Crippen LogP contribution in [0.2, 0.25) is 0 Å². The molecule has 0 radical (unpaired) electrons. The first-order valence-corrected chi connectivity index (χ1v) is 9.60. The number of rotatable bonds is 7. The van der Waals surface area contributed by atoms with E-state index in [2.05, 4.69) is 21.1 Å². The summed E-state index contributed by atoms with van der Waals surface area (Å²) in [5.74, 6) is -0.956. The number of nitrogens with zero attached hydrogens (tertiary/aromatic N) is 3. The molecule has 11 nitrogen and oxygen atoms in total. The van der Waals surface area contributed by atoms with E-state index in [9.17, 15) is 19.7 Å². The number of nitro benzene ring substituents is 1. The lowest BCUT2D eigenvalue weighted by Gasteiger charge is -2.19. The number of esters is 1. The van der Waals surface area contributed by atoms with Gasteiger partial charge >= 0.3 is 11.7 Å². The van der Waals surface area contributed by atoms with Crippen LogP contribution >= 0.6 is 0 Å². The normalized spacial score (nSPS) is 15.7. The van der Waals surface area contributed by atoms with Crippen molar-refractivity contribution < 1.29 is 24.0 Å². The minimum atomic E-state index is -0.632. The smallest absolute Gasteiger partial charge is 0.323 e. The molecule has 32 heavy (non-hydrogen) atoms.